The first-order chi connectivity index (χ1) is 9.29. The number of hydrogen-bond acceptors (Lipinski definition) is 5. The van der Waals surface area contributed by atoms with Crippen LogP contribution in [-0.4, -0.2) is 36.3 Å². The molecular weight excluding hydrogens is 259 g/mol. The Labute approximate surface area is 118 Å². The van der Waals surface area contributed by atoms with Crippen LogP contribution in [-0.2, 0) is 9.31 Å². The van der Waals surface area contributed by atoms with Crippen molar-refractivity contribution in [2.24, 2.45) is 0 Å². The molecule has 0 unspecified atom stereocenters. The Kier molecular flexibility index (Phi) is 3.91. The number of aliphatic hydroxyl groups is 1. The SMILES string of the molecule is CC1(C)OB(C(=Cc2ccc(C=O)o2)CO)OC1(C)C. The molecule has 5 nitrogen and oxygen atoms in total. The minimum absolute atomic E-state index is 0.214. The van der Waals surface area contributed by atoms with Gasteiger partial charge in [-0.15, -0.1) is 0 Å². The van der Waals surface area contributed by atoms with Gasteiger partial charge < -0.3 is 18.8 Å². The lowest BCUT2D eigenvalue weighted by molar-refractivity contribution is 0.00578. The third-order valence-corrected chi connectivity index (χ3v) is 3.83. The van der Waals surface area contributed by atoms with E-state index in [1.807, 2.05) is 27.7 Å². The van der Waals surface area contributed by atoms with E-state index in [2.05, 4.69) is 0 Å². The minimum atomic E-state index is -0.630. The van der Waals surface area contributed by atoms with Crippen molar-refractivity contribution in [3.8, 4) is 0 Å². The summed E-state index contributed by atoms with van der Waals surface area (Å²) in [6.45, 7) is 7.56. The van der Waals surface area contributed by atoms with Crippen LogP contribution in [0.15, 0.2) is 22.0 Å². The molecule has 0 amide bonds. The predicted octanol–water partition coefficient (Wildman–Crippen LogP) is 2.10. The number of rotatable bonds is 4. The second kappa shape index (κ2) is 5.20. The number of furan rings is 1. The summed E-state index contributed by atoms with van der Waals surface area (Å²) >= 11 is 0. The Hall–Kier alpha value is -1.37. The summed E-state index contributed by atoms with van der Waals surface area (Å²) in [5, 5.41) is 9.51. The first-order valence-corrected chi connectivity index (χ1v) is 6.51. The molecule has 1 aromatic heterocycles. The van der Waals surface area contributed by atoms with Gasteiger partial charge in [0.1, 0.15) is 5.76 Å². The zero-order valence-corrected chi connectivity index (χ0v) is 12.2. The topological polar surface area (TPSA) is 68.9 Å². The van der Waals surface area contributed by atoms with Crippen molar-refractivity contribution in [1.82, 2.24) is 0 Å². The maximum absolute atomic E-state index is 10.6. The van der Waals surface area contributed by atoms with Crippen LogP contribution < -0.4 is 0 Å². The zero-order chi connectivity index (χ0) is 15.0. The maximum Gasteiger partial charge on any atom is 0.493 e. The molecule has 1 aliphatic heterocycles. The molecule has 0 aromatic carbocycles. The lowest BCUT2D eigenvalue weighted by Gasteiger charge is -2.32. The first-order valence-electron chi connectivity index (χ1n) is 6.51. The molecule has 2 rings (SSSR count). The van der Waals surface area contributed by atoms with Crippen molar-refractivity contribution in [1.29, 1.82) is 0 Å². The highest BCUT2D eigenvalue weighted by Crippen LogP contribution is 2.38. The molecule has 2 heterocycles. The highest BCUT2D eigenvalue weighted by atomic mass is 16.7. The molecule has 1 N–H and O–H groups in total. The van der Waals surface area contributed by atoms with Crippen LogP contribution >= 0.6 is 0 Å². The molecule has 6 heteroatoms. The molecular formula is C14H19BO5. The Morgan fingerprint density at radius 2 is 1.75 bits per heavy atom. The maximum atomic E-state index is 10.6. The largest absolute Gasteiger partial charge is 0.493 e. The lowest BCUT2D eigenvalue weighted by atomic mass is 9.78. The fourth-order valence-corrected chi connectivity index (χ4v) is 1.87. The lowest BCUT2D eigenvalue weighted by Crippen LogP contribution is -2.41. The van der Waals surface area contributed by atoms with Crippen molar-refractivity contribution < 1.29 is 23.6 Å². The predicted molar refractivity (Wildman–Crippen MR) is 75.2 cm³/mol. The van der Waals surface area contributed by atoms with Crippen LogP contribution in [0.1, 0.15) is 44.0 Å². The second-order valence-electron chi connectivity index (χ2n) is 5.82. The Bertz CT molecular complexity index is 513. The van der Waals surface area contributed by atoms with Crippen LogP contribution in [0.3, 0.4) is 0 Å². The molecule has 0 aliphatic carbocycles. The van der Waals surface area contributed by atoms with Crippen molar-refractivity contribution in [2.75, 3.05) is 6.61 Å². The summed E-state index contributed by atoms with van der Waals surface area (Å²) in [6.07, 6.45) is 2.26. The van der Waals surface area contributed by atoms with Gasteiger partial charge in [0.05, 0.1) is 17.8 Å². The number of carbonyl (C=O) groups is 1. The van der Waals surface area contributed by atoms with Gasteiger partial charge in [-0.25, -0.2) is 0 Å². The molecule has 0 spiro atoms. The highest BCUT2D eigenvalue weighted by molar-refractivity contribution is 6.55. The summed E-state index contributed by atoms with van der Waals surface area (Å²) in [6, 6.07) is 3.22. The number of aldehydes is 1. The number of aliphatic hydroxyl groups excluding tert-OH is 1. The third-order valence-electron chi connectivity index (χ3n) is 3.83. The van der Waals surface area contributed by atoms with Gasteiger partial charge in [0.2, 0.25) is 0 Å². The zero-order valence-electron chi connectivity index (χ0n) is 12.2. The standard InChI is InChI=1S/C14H19BO5/c1-13(2)14(3,4)20-15(19-13)10(8-16)7-11-5-6-12(9-17)18-11/h5-7,9,16H,8H2,1-4H3. The highest BCUT2D eigenvalue weighted by Gasteiger charge is 2.52. The molecule has 1 aliphatic rings. The Balaban J connectivity index is 2.23. The molecule has 1 saturated heterocycles. The number of carbonyl (C=O) groups excluding carboxylic acids is 1. The van der Waals surface area contributed by atoms with Crippen LogP contribution in [0.2, 0.25) is 0 Å². The normalized spacial score (nSPS) is 21.2. The molecule has 108 valence electrons. The van der Waals surface area contributed by atoms with E-state index < -0.39 is 18.3 Å². The number of hydrogen-bond donors (Lipinski definition) is 1. The van der Waals surface area contributed by atoms with E-state index in [9.17, 15) is 9.90 Å². The second-order valence-corrected chi connectivity index (χ2v) is 5.82. The van der Waals surface area contributed by atoms with E-state index >= 15 is 0 Å². The smallest absolute Gasteiger partial charge is 0.454 e. The Morgan fingerprint density at radius 3 is 2.20 bits per heavy atom. The molecule has 1 aromatic rings. The van der Waals surface area contributed by atoms with Gasteiger partial charge in [0.25, 0.3) is 0 Å². The van der Waals surface area contributed by atoms with Gasteiger partial charge in [-0.1, -0.05) is 0 Å². The van der Waals surface area contributed by atoms with E-state index in [1.54, 1.807) is 18.2 Å². The minimum Gasteiger partial charge on any atom is -0.454 e. The molecule has 0 saturated carbocycles. The average Bonchev–Trinajstić information content (AvgIpc) is 2.89. The van der Waals surface area contributed by atoms with E-state index in [0.717, 1.165) is 0 Å². The monoisotopic (exact) mass is 278 g/mol. The summed E-state index contributed by atoms with van der Waals surface area (Å²) < 4.78 is 17.0. The van der Waals surface area contributed by atoms with Crippen molar-refractivity contribution in [3.05, 3.63) is 29.1 Å². The van der Waals surface area contributed by atoms with Gasteiger partial charge >= 0.3 is 7.12 Å². The van der Waals surface area contributed by atoms with Gasteiger partial charge in [-0.2, -0.15) is 0 Å². The van der Waals surface area contributed by atoms with Crippen LogP contribution in [0.4, 0.5) is 0 Å². The van der Waals surface area contributed by atoms with Gasteiger partial charge in [0, 0.05) is 0 Å². The fraction of sp³-hybridized carbons (Fsp3) is 0.500. The quantitative estimate of drug-likeness (QED) is 0.674. The molecule has 20 heavy (non-hydrogen) atoms. The average molecular weight is 278 g/mol. The van der Waals surface area contributed by atoms with E-state index in [-0.39, 0.29) is 12.4 Å². The van der Waals surface area contributed by atoms with Crippen molar-refractivity contribution >= 4 is 19.5 Å². The van der Waals surface area contributed by atoms with E-state index in [0.29, 0.717) is 17.5 Å². The summed E-state index contributed by atoms with van der Waals surface area (Å²) in [7, 11) is -0.630. The van der Waals surface area contributed by atoms with Crippen LogP contribution in [0, 0.1) is 0 Å². The van der Waals surface area contributed by atoms with Gasteiger partial charge in [-0.05, 0) is 51.4 Å². The summed E-state index contributed by atoms with van der Waals surface area (Å²) in [5.41, 5.74) is -0.387. The fourth-order valence-electron chi connectivity index (χ4n) is 1.87. The molecule has 0 atom stereocenters. The van der Waals surface area contributed by atoms with Gasteiger partial charge in [0.15, 0.2) is 12.0 Å². The molecule has 1 fully saturated rings. The summed E-state index contributed by atoms with van der Waals surface area (Å²) in [4.78, 5) is 10.6. The van der Waals surface area contributed by atoms with Crippen LogP contribution in [0.5, 0.6) is 0 Å². The van der Waals surface area contributed by atoms with Gasteiger partial charge in [-0.3, -0.25) is 4.79 Å². The third kappa shape index (κ3) is 2.72. The molecule has 0 bridgehead atoms. The van der Waals surface area contributed by atoms with Crippen molar-refractivity contribution in [2.45, 2.75) is 38.9 Å². The Morgan fingerprint density at radius 1 is 1.20 bits per heavy atom. The van der Waals surface area contributed by atoms with E-state index in [4.69, 9.17) is 13.7 Å². The summed E-state index contributed by atoms with van der Waals surface area (Å²) in [5.74, 6) is 0.716. The van der Waals surface area contributed by atoms with Crippen molar-refractivity contribution in [3.63, 3.8) is 0 Å². The molecule has 0 radical (unpaired) electrons. The first kappa shape index (κ1) is 15.0. The van der Waals surface area contributed by atoms with Crippen LogP contribution in [0.25, 0.3) is 6.08 Å². The van der Waals surface area contributed by atoms with E-state index in [1.165, 1.54) is 0 Å².